The molecule has 2 aromatic rings. The molecule has 0 saturated carbocycles. The summed E-state index contributed by atoms with van der Waals surface area (Å²) >= 11 is 0.982. The number of nitrogens with one attached hydrogen (secondary N) is 1. The van der Waals surface area contributed by atoms with E-state index in [4.69, 9.17) is 0 Å². The van der Waals surface area contributed by atoms with Crippen LogP contribution in [0, 0.1) is 12.7 Å². The molecular weight excluding hydrogens is 317 g/mol. The summed E-state index contributed by atoms with van der Waals surface area (Å²) in [5, 5.41) is 1.55. The first-order chi connectivity index (χ1) is 9.85. The van der Waals surface area contributed by atoms with Gasteiger partial charge in [-0.25, -0.2) is 17.6 Å². The summed E-state index contributed by atoms with van der Waals surface area (Å²) in [6.45, 7) is 1.57. The number of methoxy groups -OCH3 is 1. The summed E-state index contributed by atoms with van der Waals surface area (Å²) in [6, 6.07) is 5.06. The number of anilines is 1. The van der Waals surface area contributed by atoms with Gasteiger partial charge in [0, 0.05) is 0 Å². The highest BCUT2D eigenvalue weighted by Crippen LogP contribution is 2.29. The second-order valence-corrected chi connectivity index (χ2v) is 6.68. The van der Waals surface area contributed by atoms with Crippen LogP contribution < -0.4 is 4.72 Å². The van der Waals surface area contributed by atoms with E-state index in [2.05, 4.69) is 9.46 Å². The molecule has 1 N–H and O–H groups in total. The van der Waals surface area contributed by atoms with Crippen molar-refractivity contribution in [2.24, 2.45) is 0 Å². The molecule has 0 aliphatic carbocycles. The smallest absolute Gasteiger partial charge is 0.349 e. The highest BCUT2D eigenvalue weighted by Gasteiger charge is 2.27. The second kappa shape index (κ2) is 5.82. The third kappa shape index (κ3) is 3.22. The maximum atomic E-state index is 13.1. The van der Waals surface area contributed by atoms with Crippen molar-refractivity contribution in [3.05, 3.63) is 45.9 Å². The summed E-state index contributed by atoms with van der Waals surface area (Å²) in [5.41, 5.74) is 0.501. The number of esters is 1. The van der Waals surface area contributed by atoms with E-state index in [1.54, 1.807) is 12.3 Å². The van der Waals surface area contributed by atoms with Crippen LogP contribution in [0.15, 0.2) is 34.5 Å². The fraction of sp³-hybridized carbons (Fsp3) is 0.154. The predicted molar refractivity (Wildman–Crippen MR) is 77.6 cm³/mol. The minimum Gasteiger partial charge on any atom is -0.465 e. The number of ether oxygens (including phenoxy) is 1. The van der Waals surface area contributed by atoms with Crippen LogP contribution in [0.5, 0.6) is 0 Å². The molecule has 0 spiro atoms. The van der Waals surface area contributed by atoms with Gasteiger partial charge in [-0.05, 0) is 36.1 Å². The molecular formula is C13H12FNO4S2. The molecule has 1 aromatic carbocycles. The zero-order valence-corrected chi connectivity index (χ0v) is 12.8. The molecule has 112 valence electrons. The van der Waals surface area contributed by atoms with Gasteiger partial charge in [-0.3, -0.25) is 4.72 Å². The number of aryl methyl sites for hydroxylation is 1. The number of rotatable bonds is 4. The Bertz CT molecular complexity index is 783. The van der Waals surface area contributed by atoms with Gasteiger partial charge in [-0.1, -0.05) is 6.07 Å². The Hall–Kier alpha value is -1.93. The van der Waals surface area contributed by atoms with Gasteiger partial charge in [0.2, 0.25) is 0 Å². The fourth-order valence-corrected chi connectivity index (χ4v) is 4.52. The van der Waals surface area contributed by atoms with E-state index < -0.39 is 21.8 Å². The number of carbonyl (C=O) groups is 1. The number of thiophene rings is 1. The molecule has 0 aliphatic rings. The van der Waals surface area contributed by atoms with Crippen molar-refractivity contribution in [1.82, 2.24) is 0 Å². The lowest BCUT2D eigenvalue weighted by Gasteiger charge is -2.09. The highest BCUT2D eigenvalue weighted by molar-refractivity contribution is 7.93. The molecule has 0 saturated heterocycles. The van der Waals surface area contributed by atoms with Crippen LogP contribution in [0.3, 0.4) is 0 Å². The fourth-order valence-electron chi connectivity index (χ4n) is 1.76. The van der Waals surface area contributed by atoms with Crippen molar-refractivity contribution < 1.29 is 22.3 Å². The number of hydrogen-bond donors (Lipinski definition) is 1. The van der Waals surface area contributed by atoms with Crippen molar-refractivity contribution in [2.75, 3.05) is 11.8 Å². The number of halogens is 1. The standard InChI is InChI=1S/C13H12FNO4S2/c1-8-7-20-11(13(16)19-2)12(8)21(17,18)15-10-5-3-4-9(14)6-10/h3-7,15H,1-2H3. The summed E-state index contributed by atoms with van der Waals surface area (Å²) in [4.78, 5) is 11.5. The van der Waals surface area contributed by atoms with Gasteiger partial charge in [-0.15, -0.1) is 11.3 Å². The van der Waals surface area contributed by atoms with Crippen molar-refractivity contribution in [3.63, 3.8) is 0 Å². The SMILES string of the molecule is COC(=O)c1scc(C)c1S(=O)(=O)Nc1cccc(F)c1. The first-order valence-electron chi connectivity index (χ1n) is 5.80. The Morgan fingerprint density at radius 1 is 1.38 bits per heavy atom. The van der Waals surface area contributed by atoms with Crippen LogP contribution in [0.25, 0.3) is 0 Å². The van der Waals surface area contributed by atoms with E-state index in [0.717, 1.165) is 17.4 Å². The lowest BCUT2D eigenvalue weighted by Crippen LogP contribution is -2.16. The molecule has 5 nitrogen and oxygen atoms in total. The van der Waals surface area contributed by atoms with Crippen molar-refractivity contribution in [2.45, 2.75) is 11.8 Å². The monoisotopic (exact) mass is 329 g/mol. The molecule has 2 rings (SSSR count). The summed E-state index contributed by atoms with van der Waals surface area (Å²) < 4.78 is 44.7. The van der Waals surface area contributed by atoms with Crippen LogP contribution >= 0.6 is 11.3 Å². The lowest BCUT2D eigenvalue weighted by atomic mass is 10.3. The quantitative estimate of drug-likeness (QED) is 0.876. The largest absolute Gasteiger partial charge is 0.465 e. The van der Waals surface area contributed by atoms with Gasteiger partial charge in [-0.2, -0.15) is 0 Å². The van der Waals surface area contributed by atoms with Crippen LogP contribution in [-0.2, 0) is 14.8 Å². The average Bonchev–Trinajstić information content (AvgIpc) is 2.80. The Morgan fingerprint density at radius 2 is 2.10 bits per heavy atom. The molecule has 0 aliphatic heterocycles. The van der Waals surface area contributed by atoms with Crippen molar-refractivity contribution in [1.29, 1.82) is 0 Å². The van der Waals surface area contributed by atoms with E-state index in [1.165, 1.54) is 25.3 Å². The van der Waals surface area contributed by atoms with E-state index in [9.17, 15) is 17.6 Å². The molecule has 1 heterocycles. The van der Waals surface area contributed by atoms with Crippen molar-refractivity contribution >= 4 is 33.0 Å². The minimum atomic E-state index is -4.01. The molecule has 21 heavy (non-hydrogen) atoms. The Balaban J connectivity index is 2.45. The van der Waals surface area contributed by atoms with Crippen LogP contribution in [0.2, 0.25) is 0 Å². The number of sulfonamides is 1. The van der Waals surface area contributed by atoms with Gasteiger partial charge >= 0.3 is 5.97 Å². The molecule has 0 radical (unpaired) electrons. The Kier molecular flexibility index (Phi) is 4.29. The minimum absolute atomic E-state index is 0.0149. The predicted octanol–water partition coefficient (Wildman–Crippen LogP) is 2.78. The molecule has 1 aromatic heterocycles. The van der Waals surface area contributed by atoms with Gasteiger partial charge in [0.05, 0.1) is 12.8 Å². The average molecular weight is 329 g/mol. The molecule has 8 heteroatoms. The van der Waals surface area contributed by atoms with Crippen LogP contribution in [0.4, 0.5) is 10.1 Å². The second-order valence-electron chi connectivity index (χ2n) is 4.18. The topological polar surface area (TPSA) is 72.5 Å². The first-order valence-corrected chi connectivity index (χ1v) is 8.16. The third-order valence-corrected chi connectivity index (χ3v) is 5.41. The Labute approximate surface area is 125 Å². The van der Waals surface area contributed by atoms with Crippen LogP contribution in [-0.4, -0.2) is 21.5 Å². The van der Waals surface area contributed by atoms with Crippen molar-refractivity contribution in [3.8, 4) is 0 Å². The zero-order chi connectivity index (χ0) is 15.6. The van der Waals surface area contributed by atoms with Crippen LogP contribution in [0.1, 0.15) is 15.2 Å². The Morgan fingerprint density at radius 3 is 2.71 bits per heavy atom. The lowest BCUT2D eigenvalue weighted by molar-refractivity contribution is 0.0602. The summed E-state index contributed by atoms with van der Waals surface area (Å²) in [7, 11) is -2.84. The molecule has 0 fully saturated rings. The van der Waals surface area contributed by atoms with Gasteiger partial charge in [0.25, 0.3) is 10.0 Å². The molecule has 0 atom stereocenters. The number of carbonyl (C=O) groups excluding carboxylic acids is 1. The molecule has 0 amide bonds. The first kappa shape index (κ1) is 15.5. The molecule has 0 unspecified atom stereocenters. The summed E-state index contributed by atoms with van der Waals surface area (Å²) in [6.07, 6.45) is 0. The number of benzene rings is 1. The van der Waals surface area contributed by atoms with E-state index in [0.29, 0.717) is 5.56 Å². The van der Waals surface area contributed by atoms with E-state index in [1.807, 2.05) is 0 Å². The maximum Gasteiger partial charge on any atom is 0.349 e. The van der Waals surface area contributed by atoms with Gasteiger partial charge in [0.15, 0.2) is 0 Å². The summed E-state index contributed by atoms with van der Waals surface area (Å²) in [5.74, 6) is -1.29. The van der Waals surface area contributed by atoms with Gasteiger partial charge in [0.1, 0.15) is 15.6 Å². The highest BCUT2D eigenvalue weighted by atomic mass is 32.2. The molecule has 0 bridgehead atoms. The third-order valence-electron chi connectivity index (χ3n) is 2.63. The number of hydrogen-bond acceptors (Lipinski definition) is 5. The zero-order valence-electron chi connectivity index (χ0n) is 11.2. The van der Waals surface area contributed by atoms with Gasteiger partial charge < -0.3 is 4.74 Å². The maximum absolute atomic E-state index is 13.1. The normalized spacial score (nSPS) is 11.2. The van der Waals surface area contributed by atoms with E-state index in [-0.39, 0.29) is 15.5 Å². The van der Waals surface area contributed by atoms with E-state index >= 15 is 0 Å².